The number of hydrogen-bond acceptors (Lipinski definition) is 2. The summed E-state index contributed by atoms with van der Waals surface area (Å²) in [6, 6.07) is 6.61. The van der Waals surface area contributed by atoms with Crippen molar-refractivity contribution in [3.05, 3.63) is 42.0 Å². The van der Waals surface area contributed by atoms with Crippen LogP contribution in [0.4, 0.5) is 0 Å². The lowest BCUT2D eigenvalue weighted by molar-refractivity contribution is 0.305. The van der Waals surface area contributed by atoms with Crippen LogP contribution in [0.2, 0.25) is 0 Å². The van der Waals surface area contributed by atoms with E-state index in [1.165, 1.54) is 30.4 Å². The highest BCUT2D eigenvalue weighted by atomic mass is 16.5. The molecule has 0 fully saturated rings. The van der Waals surface area contributed by atoms with E-state index in [2.05, 4.69) is 24.8 Å². The third kappa shape index (κ3) is 4.10. The summed E-state index contributed by atoms with van der Waals surface area (Å²) in [4.78, 5) is 0. The van der Waals surface area contributed by atoms with Crippen LogP contribution < -0.4 is 10.5 Å². The van der Waals surface area contributed by atoms with Gasteiger partial charge in [-0.25, -0.2) is 0 Å². The van der Waals surface area contributed by atoms with Crippen molar-refractivity contribution in [1.29, 1.82) is 0 Å². The van der Waals surface area contributed by atoms with Gasteiger partial charge in [-0.15, -0.1) is 6.58 Å². The molecule has 104 valence electrons. The zero-order valence-corrected chi connectivity index (χ0v) is 11.7. The fourth-order valence-electron chi connectivity index (χ4n) is 2.68. The van der Waals surface area contributed by atoms with Crippen molar-refractivity contribution in [2.75, 3.05) is 6.61 Å². The van der Waals surface area contributed by atoms with Gasteiger partial charge in [-0.05, 0) is 68.2 Å². The van der Waals surface area contributed by atoms with E-state index in [1.807, 2.05) is 6.08 Å². The van der Waals surface area contributed by atoms with Crippen LogP contribution in [-0.4, -0.2) is 6.61 Å². The first-order valence-corrected chi connectivity index (χ1v) is 7.43. The first-order valence-electron chi connectivity index (χ1n) is 7.43. The van der Waals surface area contributed by atoms with E-state index < -0.39 is 0 Å². The van der Waals surface area contributed by atoms with Crippen LogP contribution in [0.15, 0.2) is 30.9 Å². The van der Waals surface area contributed by atoms with Gasteiger partial charge in [-0.3, -0.25) is 0 Å². The van der Waals surface area contributed by atoms with E-state index in [-0.39, 0.29) is 6.04 Å². The highest BCUT2D eigenvalue weighted by Gasteiger charge is 2.16. The molecule has 1 aliphatic carbocycles. The van der Waals surface area contributed by atoms with Gasteiger partial charge < -0.3 is 10.5 Å². The quantitative estimate of drug-likeness (QED) is 0.590. The number of nitrogens with two attached hydrogens (primary N) is 1. The van der Waals surface area contributed by atoms with Crippen LogP contribution in [0.25, 0.3) is 0 Å². The Morgan fingerprint density at radius 1 is 1.32 bits per heavy atom. The summed E-state index contributed by atoms with van der Waals surface area (Å²) < 4.78 is 5.82. The normalized spacial score (nSPS) is 17.8. The molecule has 2 heteroatoms. The van der Waals surface area contributed by atoms with Crippen molar-refractivity contribution in [2.45, 2.75) is 51.0 Å². The van der Waals surface area contributed by atoms with Gasteiger partial charge in [-0.2, -0.15) is 0 Å². The average Bonchev–Trinajstić information content (AvgIpc) is 2.43. The van der Waals surface area contributed by atoms with E-state index in [0.717, 1.165) is 38.0 Å². The van der Waals surface area contributed by atoms with E-state index >= 15 is 0 Å². The molecule has 19 heavy (non-hydrogen) atoms. The standard InChI is InChI=1S/C17H25NO/c1-2-3-4-5-6-12-19-15-10-11-16-14(13-15)8-7-9-17(16)18/h2,10-11,13,17H,1,3-9,12,18H2. The summed E-state index contributed by atoms with van der Waals surface area (Å²) in [5.74, 6) is 0.997. The molecule has 0 spiro atoms. The van der Waals surface area contributed by atoms with Crippen LogP contribution in [-0.2, 0) is 6.42 Å². The molecule has 0 saturated carbocycles. The lowest BCUT2D eigenvalue weighted by Crippen LogP contribution is -2.17. The van der Waals surface area contributed by atoms with E-state index in [1.54, 1.807) is 0 Å². The first kappa shape index (κ1) is 14.1. The second-order valence-electron chi connectivity index (χ2n) is 5.35. The smallest absolute Gasteiger partial charge is 0.119 e. The number of aryl methyl sites for hydroxylation is 1. The van der Waals surface area contributed by atoms with Crippen molar-refractivity contribution in [3.8, 4) is 5.75 Å². The maximum Gasteiger partial charge on any atom is 0.119 e. The molecule has 0 saturated heterocycles. The van der Waals surface area contributed by atoms with Crippen molar-refractivity contribution in [1.82, 2.24) is 0 Å². The minimum absolute atomic E-state index is 0.219. The molecule has 2 rings (SSSR count). The number of fused-ring (bicyclic) bond motifs is 1. The van der Waals surface area contributed by atoms with Crippen molar-refractivity contribution >= 4 is 0 Å². The monoisotopic (exact) mass is 259 g/mol. The van der Waals surface area contributed by atoms with Gasteiger partial charge in [0.15, 0.2) is 0 Å². The molecular formula is C17H25NO. The Kier molecular flexibility index (Phi) is 5.46. The van der Waals surface area contributed by atoms with Gasteiger partial charge in [0, 0.05) is 6.04 Å². The summed E-state index contributed by atoms with van der Waals surface area (Å²) in [6.07, 6.45) is 10.1. The Morgan fingerprint density at radius 2 is 2.21 bits per heavy atom. The summed E-state index contributed by atoms with van der Waals surface area (Å²) in [5.41, 5.74) is 8.80. The van der Waals surface area contributed by atoms with Crippen LogP contribution in [0.1, 0.15) is 55.7 Å². The number of rotatable bonds is 7. The van der Waals surface area contributed by atoms with Crippen LogP contribution in [0.3, 0.4) is 0 Å². The number of unbranched alkanes of at least 4 members (excludes halogenated alkanes) is 3. The number of benzene rings is 1. The second-order valence-corrected chi connectivity index (χ2v) is 5.35. The van der Waals surface area contributed by atoms with E-state index in [9.17, 15) is 0 Å². The minimum Gasteiger partial charge on any atom is -0.494 e. The third-order valence-electron chi connectivity index (χ3n) is 3.80. The fourth-order valence-corrected chi connectivity index (χ4v) is 2.68. The molecule has 0 aliphatic heterocycles. The van der Waals surface area contributed by atoms with E-state index in [0.29, 0.717) is 0 Å². The predicted molar refractivity (Wildman–Crippen MR) is 80.5 cm³/mol. The maximum absolute atomic E-state index is 6.12. The Balaban J connectivity index is 1.80. The topological polar surface area (TPSA) is 35.2 Å². The van der Waals surface area contributed by atoms with Gasteiger partial charge in [0.2, 0.25) is 0 Å². The highest BCUT2D eigenvalue weighted by Crippen LogP contribution is 2.30. The molecule has 0 bridgehead atoms. The van der Waals surface area contributed by atoms with Crippen molar-refractivity contribution < 1.29 is 4.74 Å². The molecule has 1 aliphatic rings. The SMILES string of the molecule is C=CCCCCCOc1ccc2c(c1)CCCC2N. The van der Waals surface area contributed by atoms with Gasteiger partial charge in [0.1, 0.15) is 5.75 Å². The lowest BCUT2D eigenvalue weighted by atomic mass is 9.88. The third-order valence-corrected chi connectivity index (χ3v) is 3.80. The Hall–Kier alpha value is -1.28. The zero-order chi connectivity index (χ0) is 13.5. The Morgan fingerprint density at radius 3 is 3.05 bits per heavy atom. The summed E-state index contributed by atoms with van der Waals surface area (Å²) >= 11 is 0. The van der Waals surface area contributed by atoms with Crippen molar-refractivity contribution in [3.63, 3.8) is 0 Å². The maximum atomic E-state index is 6.12. The molecule has 1 aromatic rings. The largest absolute Gasteiger partial charge is 0.494 e. The molecular weight excluding hydrogens is 234 g/mol. The second kappa shape index (κ2) is 7.34. The Labute approximate surface area is 116 Å². The molecule has 0 aromatic heterocycles. The van der Waals surface area contributed by atoms with Gasteiger partial charge in [-0.1, -0.05) is 12.1 Å². The van der Waals surface area contributed by atoms with Crippen molar-refractivity contribution in [2.24, 2.45) is 5.73 Å². The lowest BCUT2D eigenvalue weighted by Gasteiger charge is -2.22. The van der Waals surface area contributed by atoms with E-state index in [4.69, 9.17) is 10.5 Å². The molecule has 1 aromatic carbocycles. The van der Waals surface area contributed by atoms with Crippen LogP contribution in [0.5, 0.6) is 5.75 Å². The highest BCUT2D eigenvalue weighted by molar-refractivity contribution is 5.38. The number of allylic oxidation sites excluding steroid dienone is 1. The minimum atomic E-state index is 0.219. The predicted octanol–water partition coefficient (Wildman–Crippen LogP) is 4.15. The average molecular weight is 259 g/mol. The molecule has 0 heterocycles. The van der Waals surface area contributed by atoms with Gasteiger partial charge >= 0.3 is 0 Å². The van der Waals surface area contributed by atoms with Crippen LogP contribution in [0, 0.1) is 0 Å². The fraction of sp³-hybridized carbons (Fsp3) is 0.529. The summed E-state index contributed by atoms with van der Waals surface area (Å²) in [7, 11) is 0. The molecule has 0 amide bonds. The summed E-state index contributed by atoms with van der Waals surface area (Å²) in [6.45, 7) is 4.54. The molecule has 1 unspecified atom stereocenters. The first-order chi connectivity index (χ1) is 9.31. The zero-order valence-electron chi connectivity index (χ0n) is 11.7. The number of hydrogen-bond donors (Lipinski definition) is 1. The van der Waals surface area contributed by atoms with Gasteiger partial charge in [0.05, 0.1) is 6.61 Å². The van der Waals surface area contributed by atoms with Crippen LogP contribution >= 0.6 is 0 Å². The summed E-state index contributed by atoms with van der Waals surface area (Å²) in [5, 5.41) is 0. The molecule has 2 N–H and O–H groups in total. The molecule has 1 atom stereocenters. The molecule has 2 nitrogen and oxygen atoms in total. The molecule has 0 radical (unpaired) electrons. The number of ether oxygens (including phenoxy) is 1. The Bertz CT molecular complexity index is 414. The van der Waals surface area contributed by atoms with Gasteiger partial charge in [0.25, 0.3) is 0 Å².